The number of hydrogen-bond acceptors (Lipinski definition) is 5. The quantitative estimate of drug-likeness (QED) is 0.387. The summed E-state index contributed by atoms with van der Waals surface area (Å²) in [5, 5.41) is 10.6. The van der Waals surface area contributed by atoms with Crippen molar-refractivity contribution in [1.29, 1.82) is 0 Å². The van der Waals surface area contributed by atoms with Crippen LogP contribution in [0.1, 0.15) is 78.2 Å². The minimum Gasteiger partial charge on any atom is -0.496 e. The number of benzene rings is 1. The molecule has 1 aromatic heterocycles. The normalized spacial score (nSPS) is 11.5. The van der Waals surface area contributed by atoms with Crippen molar-refractivity contribution in [3.63, 3.8) is 0 Å². The summed E-state index contributed by atoms with van der Waals surface area (Å²) < 4.78 is 13.0. The van der Waals surface area contributed by atoms with Gasteiger partial charge in [-0.1, -0.05) is 54.5 Å². The fraction of sp³-hybridized carbons (Fsp3) is 0.607. The highest BCUT2D eigenvalue weighted by molar-refractivity contribution is 5.94. The first kappa shape index (κ1) is 31.0. The molecule has 1 heterocycles. The number of carbonyl (C=O) groups is 2. The van der Waals surface area contributed by atoms with Gasteiger partial charge in [0, 0.05) is 25.6 Å². The van der Waals surface area contributed by atoms with E-state index in [1.54, 1.807) is 20.3 Å². The van der Waals surface area contributed by atoms with Gasteiger partial charge in [-0.25, -0.2) is 0 Å². The van der Waals surface area contributed by atoms with E-state index in [1.807, 2.05) is 43.7 Å². The molecule has 0 aliphatic rings. The van der Waals surface area contributed by atoms with Crippen LogP contribution in [0.3, 0.4) is 0 Å². The Balaban J connectivity index is 0.00000316. The van der Waals surface area contributed by atoms with Crippen LogP contribution in [0.2, 0.25) is 0 Å². The van der Waals surface area contributed by atoms with Crippen molar-refractivity contribution in [3.8, 4) is 22.8 Å². The minimum atomic E-state index is -0.299. The van der Waals surface area contributed by atoms with Gasteiger partial charge in [-0.2, -0.15) is 5.10 Å². The second-order valence-electron chi connectivity index (χ2n) is 9.38. The van der Waals surface area contributed by atoms with Crippen LogP contribution in [-0.2, 0) is 11.3 Å². The van der Waals surface area contributed by atoms with Crippen LogP contribution in [0.25, 0.3) is 11.3 Å². The third-order valence-corrected chi connectivity index (χ3v) is 5.33. The number of carbonyl (C=O) groups excluding carboxylic acids is 2. The first-order valence-electron chi connectivity index (χ1n) is 13.1. The highest BCUT2D eigenvalue weighted by Gasteiger charge is 2.24. The van der Waals surface area contributed by atoms with E-state index in [-0.39, 0.29) is 24.3 Å². The Morgan fingerprint density at radius 2 is 1.64 bits per heavy atom. The number of nitrogens with one attached hydrogen (secondary N) is 2. The third kappa shape index (κ3) is 9.21. The van der Waals surface area contributed by atoms with Gasteiger partial charge < -0.3 is 20.1 Å². The number of ether oxygens (including phenoxy) is 2. The summed E-state index contributed by atoms with van der Waals surface area (Å²) in [7, 11) is 3.21. The topological polar surface area (TPSA) is 94.5 Å². The second-order valence-corrected chi connectivity index (χ2v) is 9.38. The lowest BCUT2D eigenvalue weighted by Crippen LogP contribution is -2.40. The molecule has 0 fully saturated rings. The van der Waals surface area contributed by atoms with Gasteiger partial charge in [0.15, 0.2) is 5.69 Å². The molecule has 1 aromatic carbocycles. The van der Waals surface area contributed by atoms with Gasteiger partial charge in [-0.3, -0.25) is 14.3 Å². The molecule has 2 aromatic rings. The summed E-state index contributed by atoms with van der Waals surface area (Å²) in [6, 6.07) is 7.07. The van der Waals surface area contributed by atoms with Gasteiger partial charge in [0.1, 0.15) is 11.5 Å². The fourth-order valence-electron chi connectivity index (χ4n) is 3.90. The Kier molecular flexibility index (Phi) is 13.7. The Hall–Kier alpha value is -3.03. The molecule has 8 heteroatoms. The van der Waals surface area contributed by atoms with Crippen LogP contribution in [0, 0.1) is 11.8 Å². The predicted molar refractivity (Wildman–Crippen MR) is 146 cm³/mol. The predicted octanol–water partition coefficient (Wildman–Crippen LogP) is 5.31. The Bertz CT molecular complexity index is 931. The van der Waals surface area contributed by atoms with Crippen molar-refractivity contribution in [2.75, 3.05) is 20.8 Å². The summed E-state index contributed by atoms with van der Waals surface area (Å²) in [6.07, 6.45) is 1.81. The van der Waals surface area contributed by atoms with Gasteiger partial charge in [-0.15, -0.1) is 0 Å². The molecule has 0 bridgehead atoms. The number of methoxy groups -OCH3 is 2. The number of nitrogens with zero attached hydrogens (tertiary/aromatic N) is 2. The molecule has 36 heavy (non-hydrogen) atoms. The maximum Gasteiger partial charge on any atom is 0.272 e. The van der Waals surface area contributed by atoms with Gasteiger partial charge >= 0.3 is 0 Å². The van der Waals surface area contributed by atoms with E-state index in [4.69, 9.17) is 9.47 Å². The van der Waals surface area contributed by atoms with Crippen molar-refractivity contribution in [2.45, 2.75) is 80.3 Å². The molecule has 2 amide bonds. The zero-order valence-electron chi connectivity index (χ0n) is 23.6. The molecule has 1 atom stereocenters. The van der Waals surface area contributed by atoms with Crippen molar-refractivity contribution in [2.24, 2.45) is 11.8 Å². The van der Waals surface area contributed by atoms with E-state index >= 15 is 0 Å². The van der Waals surface area contributed by atoms with Gasteiger partial charge in [0.25, 0.3) is 5.91 Å². The number of rotatable bonds is 13. The van der Waals surface area contributed by atoms with E-state index in [9.17, 15) is 9.59 Å². The molecule has 202 valence electrons. The molecule has 0 radical (unpaired) electrons. The molecule has 0 aliphatic carbocycles. The summed E-state index contributed by atoms with van der Waals surface area (Å²) in [4.78, 5) is 25.6. The minimum absolute atomic E-state index is 0.0578. The Morgan fingerprint density at radius 3 is 2.14 bits per heavy atom. The number of amides is 2. The van der Waals surface area contributed by atoms with Gasteiger partial charge in [-0.05, 0) is 42.9 Å². The van der Waals surface area contributed by atoms with Crippen LogP contribution in [0.4, 0.5) is 0 Å². The van der Waals surface area contributed by atoms with Crippen molar-refractivity contribution in [3.05, 3.63) is 30.0 Å². The summed E-state index contributed by atoms with van der Waals surface area (Å²) in [5.41, 5.74) is 1.79. The van der Waals surface area contributed by atoms with Crippen LogP contribution in [0.15, 0.2) is 24.3 Å². The highest BCUT2D eigenvalue weighted by Crippen LogP contribution is 2.38. The zero-order valence-corrected chi connectivity index (χ0v) is 23.6. The molecule has 1 unspecified atom stereocenters. The van der Waals surface area contributed by atoms with Crippen LogP contribution in [-0.4, -0.2) is 48.4 Å². The van der Waals surface area contributed by atoms with E-state index in [1.165, 1.54) is 0 Å². The van der Waals surface area contributed by atoms with E-state index in [0.717, 1.165) is 17.7 Å². The molecule has 2 rings (SSSR count). The number of hydrogen-bond donors (Lipinski definition) is 2. The number of aromatic nitrogens is 2. The first-order chi connectivity index (χ1) is 17.2. The Morgan fingerprint density at radius 1 is 1.03 bits per heavy atom. The molecular weight excluding hydrogens is 456 g/mol. The first-order valence-corrected chi connectivity index (χ1v) is 13.1. The second kappa shape index (κ2) is 15.9. The molecule has 8 nitrogen and oxygen atoms in total. The van der Waals surface area contributed by atoms with Crippen LogP contribution < -0.4 is 20.1 Å². The summed E-state index contributed by atoms with van der Waals surface area (Å²) >= 11 is 0. The summed E-state index contributed by atoms with van der Waals surface area (Å²) in [5.74, 6) is 1.56. The van der Waals surface area contributed by atoms with E-state index in [0.29, 0.717) is 48.5 Å². The Labute approximate surface area is 217 Å². The molecule has 0 saturated carbocycles. The fourth-order valence-corrected chi connectivity index (χ4v) is 3.90. The van der Waals surface area contributed by atoms with Crippen molar-refractivity contribution in [1.82, 2.24) is 20.4 Å². The lowest BCUT2D eigenvalue weighted by atomic mass is 10.0. The van der Waals surface area contributed by atoms with Crippen LogP contribution in [0.5, 0.6) is 11.5 Å². The highest BCUT2D eigenvalue weighted by atomic mass is 16.5. The zero-order chi connectivity index (χ0) is 27.3. The van der Waals surface area contributed by atoms with Crippen molar-refractivity contribution < 1.29 is 19.1 Å². The molecule has 0 aliphatic heterocycles. The largest absolute Gasteiger partial charge is 0.496 e. The molecular formula is C28H46N4O4. The average Bonchev–Trinajstić information content (AvgIpc) is 3.25. The average molecular weight is 503 g/mol. The van der Waals surface area contributed by atoms with Gasteiger partial charge in [0.05, 0.1) is 25.5 Å². The standard InChI is InChI=1S/C26H40N4O4.C2H6/c1-8-12-27-24(31)14-19(13-17(2)3)28-26(32)20-15-21(30(29-20)16-18(4)5)25-22(33-6)10-9-11-23(25)34-7;1-2/h9-11,15,17-19H,8,12-14,16H2,1-7H3,(H,27,31)(H,28,32);1-2H3. The smallest absolute Gasteiger partial charge is 0.272 e. The van der Waals surface area contributed by atoms with E-state index < -0.39 is 0 Å². The molecule has 0 spiro atoms. The maximum absolute atomic E-state index is 13.2. The van der Waals surface area contributed by atoms with Crippen LogP contribution >= 0.6 is 0 Å². The summed E-state index contributed by atoms with van der Waals surface area (Å²) in [6.45, 7) is 15.6. The SMILES string of the molecule is CC.CCCNC(=O)CC(CC(C)C)NC(=O)c1cc(-c2c(OC)cccc2OC)n(CC(C)C)n1. The molecule has 0 saturated heterocycles. The van der Waals surface area contributed by atoms with Crippen molar-refractivity contribution >= 4 is 11.8 Å². The molecule has 2 N–H and O–H groups in total. The monoisotopic (exact) mass is 502 g/mol. The van der Waals surface area contributed by atoms with E-state index in [2.05, 4.69) is 43.4 Å². The van der Waals surface area contributed by atoms with Gasteiger partial charge in [0.2, 0.25) is 5.91 Å². The maximum atomic E-state index is 13.2. The lowest BCUT2D eigenvalue weighted by molar-refractivity contribution is -0.121. The lowest BCUT2D eigenvalue weighted by Gasteiger charge is -2.20. The third-order valence-electron chi connectivity index (χ3n) is 5.33.